The van der Waals surface area contributed by atoms with Crippen molar-refractivity contribution in [3.8, 4) is 0 Å². The Labute approximate surface area is 125 Å². The van der Waals surface area contributed by atoms with Crippen molar-refractivity contribution in [2.24, 2.45) is 0 Å². The van der Waals surface area contributed by atoms with Gasteiger partial charge in [0.15, 0.2) is 0 Å². The molecule has 0 radical (unpaired) electrons. The van der Waals surface area contributed by atoms with Gasteiger partial charge in [0, 0.05) is 15.5 Å². The van der Waals surface area contributed by atoms with Crippen LogP contribution in [-0.4, -0.2) is 8.42 Å². The molecule has 2 aromatic rings. The zero-order valence-electron chi connectivity index (χ0n) is 9.61. The standard InChI is InChI=1S/C11H7BrF3NO2S2/c12-8-5-10(19-6-8)20(17,18)16-9-3-1-7(2-4-9)11(13,14)15/h1-6,16H. The van der Waals surface area contributed by atoms with Crippen LogP contribution < -0.4 is 4.72 Å². The molecule has 20 heavy (non-hydrogen) atoms. The number of halogens is 4. The Balaban J connectivity index is 2.22. The van der Waals surface area contributed by atoms with Crippen molar-refractivity contribution >= 4 is 43.0 Å². The molecular weight excluding hydrogens is 379 g/mol. The monoisotopic (exact) mass is 385 g/mol. The Morgan fingerprint density at radius 1 is 1.15 bits per heavy atom. The van der Waals surface area contributed by atoms with Crippen LogP contribution in [-0.2, 0) is 16.2 Å². The molecule has 0 amide bonds. The predicted octanol–water partition coefficient (Wildman–Crippen LogP) is 4.33. The van der Waals surface area contributed by atoms with Crippen molar-refractivity contribution in [2.45, 2.75) is 10.4 Å². The maximum atomic E-state index is 12.4. The highest BCUT2D eigenvalue weighted by Gasteiger charge is 2.30. The molecule has 0 unspecified atom stereocenters. The van der Waals surface area contributed by atoms with Gasteiger partial charge in [0.1, 0.15) is 4.21 Å². The fourth-order valence-electron chi connectivity index (χ4n) is 1.37. The Kier molecular flexibility index (Phi) is 4.12. The van der Waals surface area contributed by atoms with Gasteiger partial charge >= 0.3 is 6.18 Å². The molecule has 0 aliphatic rings. The van der Waals surface area contributed by atoms with E-state index in [1.807, 2.05) is 0 Å². The first-order valence-electron chi connectivity index (χ1n) is 5.12. The topological polar surface area (TPSA) is 46.2 Å². The van der Waals surface area contributed by atoms with Crippen LogP contribution in [0.2, 0.25) is 0 Å². The number of hydrogen-bond acceptors (Lipinski definition) is 3. The molecule has 1 aromatic carbocycles. The van der Waals surface area contributed by atoms with Crippen molar-refractivity contribution in [2.75, 3.05) is 4.72 Å². The summed E-state index contributed by atoms with van der Waals surface area (Å²) in [5.74, 6) is 0. The van der Waals surface area contributed by atoms with Gasteiger partial charge in [-0.3, -0.25) is 4.72 Å². The van der Waals surface area contributed by atoms with E-state index in [4.69, 9.17) is 0 Å². The molecule has 0 aliphatic carbocycles. The third-order valence-corrected chi connectivity index (χ3v) is 5.85. The van der Waals surface area contributed by atoms with Crippen LogP contribution in [0.15, 0.2) is 44.4 Å². The average Bonchev–Trinajstić information content (AvgIpc) is 2.76. The average molecular weight is 386 g/mol. The second-order valence-corrected chi connectivity index (χ2v) is 7.50. The van der Waals surface area contributed by atoms with Crippen LogP contribution in [0.5, 0.6) is 0 Å². The summed E-state index contributed by atoms with van der Waals surface area (Å²) in [6.07, 6.45) is -4.45. The van der Waals surface area contributed by atoms with Gasteiger partial charge in [0.25, 0.3) is 10.0 Å². The smallest absolute Gasteiger partial charge is 0.279 e. The summed E-state index contributed by atoms with van der Waals surface area (Å²) in [6, 6.07) is 5.20. The molecule has 0 saturated carbocycles. The minimum absolute atomic E-state index is 0.0718. The lowest BCUT2D eigenvalue weighted by atomic mass is 10.2. The first kappa shape index (κ1) is 15.3. The number of nitrogens with one attached hydrogen (secondary N) is 1. The number of thiophene rings is 1. The van der Waals surface area contributed by atoms with Crippen LogP contribution in [0.3, 0.4) is 0 Å². The first-order valence-corrected chi connectivity index (χ1v) is 8.28. The van der Waals surface area contributed by atoms with Gasteiger partial charge in [0.2, 0.25) is 0 Å². The Bertz CT molecular complexity index is 708. The van der Waals surface area contributed by atoms with Crippen LogP contribution in [0, 0.1) is 0 Å². The molecule has 1 heterocycles. The summed E-state index contributed by atoms with van der Waals surface area (Å²) in [6.45, 7) is 0. The molecule has 0 spiro atoms. The van der Waals surface area contributed by atoms with Gasteiger partial charge < -0.3 is 0 Å². The maximum absolute atomic E-state index is 12.4. The fraction of sp³-hybridized carbons (Fsp3) is 0.0909. The SMILES string of the molecule is O=S(=O)(Nc1ccc(C(F)(F)F)cc1)c1cc(Br)cs1. The summed E-state index contributed by atoms with van der Waals surface area (Å²) in [7, 11) is -3.78. The lowest BCUT2D eigenvalue weighted by Gasteiger charge is -2.09. The molecule has 0 aliphatic heterocycles. The normalized spacial score (nSPS) is 12.4. The largest absolute Gasteiger partial charge is 0.416 e. The molecular formula is C11H7BrF3NO2S2. The van der Waals surface area contributed by atoms with E-state index in [1.165, 1.54) is 6.07 Å². The van der Waals surface area contributed by atoms with Crippen LogP contribution in [0.25, 0.3) is 0 Å². The molecule has 0 atom stereocenters. The molecule has 3 nitrogen and oxygen atoms in total. The van der Waals surface area contributed by atoms with Gasteiger partial charge in [-0.25, -0.2) is 8.42 Å². The van der Waals surface area contributed by atoms with Crippen LogP contribution in [0.1, 0.15) is 5.56 Å². The van der Waals surface area contributed by atoms with Crippen LogP contribution >= 0.6 is 27.3 Å². The van der Waals surface area contributed by atoms with E-state index in [1.54, 1.807) is 5.38 Å². The Hall–Kier alpha value is -1.06. The predicted molar refractivity (Wildman–Crippen MR) is 74.3 cm³/mol. The third-order valence-electron chi connectivity index (χ3n) is 2.27. The highest BCUT2D eigenvalue weighted by Crippen LogP contribution is 2.31. The van der Waals surface area contributed by atoms with Crippen molar-refractivity contribution in [3.63, 3.8) is 0 Å². The highest BCUT2D eigenvalue weighted by atomic mass is 79.9. The lowest BCUT2D eigenvalue weighted by Crippen LogP contribution is -2.12. The Morgan fingerprint density at radius 3 is 2.20 bits per heavy atom. The fourth-order valence-corrected chi connectivity index (χ4v) is 4.28. The first-order chi connectivity index (χ1) is 9.18. The number of hydrogen-bond donors (Lipinski definition) is 1. The third kappa shape index (κ3) is 3.53. The van der Waals surface area contributed by atoms with Crippen molar-refractivity contribution < 1.29 is 21.6 Å². The zero-order chi connectivity index (χ0) is 15.0. The van der Waals surface area contributed by atoms with Gasteiger partial charge in [0.05, 0.1) is 5.56 Å². The molecule has 0 saturated heterocycles. The molecule has 1 N–H and O–H groups in total. The number of alkyl halides is 3. The minimum atomic E-state index is -4.45. The number of sulfonamides is 1. The van der Waals surface area contributed by atoms with E-state index in [9.17, 15) is 21.6 Å². The molecule has 2 rings (SSSR count). The van der Waals surface area contributed by atoms with Gasteiger partial charge in [-0.15, -0.1) is 11.3 Å². The van der Waals surface area contributed by atoms with E-state index in [-0.39, 0.29) is 9.90 Å². The lowest BCUT2D eigenvalue weighted by molar-refractivity contribution is -0.137. The van der Waals surface area contributed by atoms with E-state index in [2.05, 4.69) is 20.7 Å². The molecule has 0 fully saturated rings. The summed E-state index contributed by atoms with van der Waals surface area (Å²) in [5.41, 5.74) is -0.762. The quantitative estimate of drug-likeness (QED) is 0.854. The van der Waals surface area contributed by atoms with E-state index < -0.39 is 21.8 Å². The molecule has 108 valence electrons. The Morgan fingerprint density at radius 2 is 1.75 bits per heavy atom. The second-order valence-electron chi connectivity index (χ2n) is 3.76. The summed E-state index contributed by atoms with van der Waals surface area (Å²) < 4.78 is 64.0. The number of rotatable bonds is 3. The zero-order valence-corrected chi connectivity index (χ0v) is 12.8. The highest BCUT2D eigenvalue weighted by molar-refractivity contribution is 9.10. The molecule has 1 aromatic heterocycles. The maximum Gasteiger partial charge on any atom is 0.416 e. The van der Waals surface area contributed by atoms with E-state index >= 15 is 0 Å². The minimum Gasteiger partial charge on any atom is -0.279 e. The van der Waals surface area contributed by atoms with Crippen molar-refractivity contribution in [3.05, 3.63) is 45.7 Å². The summed E-state index contributed by atoms with van der Waals surface area (Å²) in [4.78, 5) is 0. The van der Waals surface area contributed by atoms with Crippen molar-refractivity contribution in [1.29, 1.82) is 0 Å². The van der Waals surface area contributed by atoms with E-state index in [0.717, 1.165) is 35.6 Å². The number of benzene rings is 1. The van der Waals surface area contributed by atoms with Gasteiger partial charge in [-0.2, -0.15) is 13.2 Å². The second kappa shape index (κ2) is 5.38. The van der Waals surface area contributed by atoms with E-state index in [0.29, 0.717) is 4.47 Å². The summed E-state index contributed by atoms with van der Waals surface area (Å²) >= 11 is 4.14. The molecule has 9 heteroatoms. The molecule has 0 bridgehead atoms. The van der Waals surface area contributed by atoms with Gasteiger partial charge in [-0.05, 0) is 46.3 Å². The van der Waals surface area contributed by atoms with Crippen molar-refractivity contribution in [1.82, 2.24) is 0 Å². The van der Waals surface area contributed by atoms with Gasteiger partial charge in [-0.1, -0.05) is 0 Å². The number of anilines is 1. The summed E-state index contributed by atoms with van der Waals surface area (Å²) in [5, 5.41) is 1.60. The van der Waals surface area contributed by atoms with Crippen LogP contribution in [0.4, 0.5) is 18.9 Å².